The molecule has 3 unspecified atom stereocenters. The van der Waals surface area contributed by atoms with Crippen LogP contribution in [0.1, 0.15) is 31.7 Å². The van der Waals surface area contributed by atoms with Gasteiger partial charge in [0.15, 0.2) is 11.6 Å². The molecule has 2 N–H and O–H groups in total. The predicted molar refractivity (Wildman–Crippen MR) is 100 cm³/mol. The molecule has 2 aliphatic heterocycles. The minimum atomic E-state index is -4.98. The number of aromatic nitrogens is 2. The average Bonchev–Trinajstić information content (AvgIpc) is 2.68. The van der Waals surface area contributed by atoms with Gasteiger partial charge in [-0.2, -0.15) is 13.2 Å². The summed E-state index contributed by atoms with van der Waals surface area (Å²) >= 11 is 0. The molecule has 1 aromatic heterocycles. The third kappa shape index (κ3) is 3.53. The minimum absolute atomic E-state index is 0.0685. The van der Waals surface area contributed by atoms with E-state index in [1.807, 2.05) is 6.92 Å². The summed E-state index contributed by atoms with van der Waals surface area (Å²) in [6, 6.07) is -0.411. The van der Waals surface area contributed by atoms with Gasteiger partial charge in [0.25, 0.3) is 0 Å². The Hall–Kier alpha value is -3.31. The van der Waals surface area contributed by atoms with Gasteiger partial charge in [-0.3, -0.25) is 0 Å². The summed E-state index contributed by atoms with van der Waals surface area (Å²) in [5.74, 6) is -3.90. The van der Waals surface area contributed by atoms with Gasteiger partial charge >= 0.3 is 18.2 Å². The molecule has 2 aromatic rings. The van der Waals surface area contributed by atoms with Gasteiger partial charge in [-0.05, 0) is 30.9 Å². The monoisotopic (exact) mass is 456 g/mol. The number of rotatable bonds is 3. The summed E-state index contributed by atoms with van der Waals surface area (Å²) in [5, 5.41) is 11.9. The number of aliphatic carboxylic acids is 1. The molecule has 1 aliphatic carbocycles. The predicted octanol–water partition coefficient (Wildman–Crippen LogP) is 4.30. The number of halogens is 5. The van der Waals surface area contributed by atoms with Crippen molar-refractivity contribution in [2.75, 3.05) is 5.32 Å². The molecule has 3 fully saturated rings. The van der Waals surface area contributed by atoms with Crippen LogP contribution in [0.5, 0.6) is 0 Å². The molecule has 0 spiro atoms. The maximum atomic E-state index is 14.5. The van der Waals surface area contributed by atoms with Crippen LogP contribution in [-0.2, 0) is 11.0 Å². The van der Waals surface area contributed by atoms with E-state index in [9.17, 15) is 36.6 Å². The van der Waals surface area contributed by atoms with Crippen LogP contribution in [0.2, 0.25) is 0 Å². The first-order chi connectivity index (χ1) is 14.9. The molecular weight excluding hydrogens is 439 g/mol. The van der Waals surface area contributed by atoms with Crippen LogP contribution in [0.25, 0.3) is 11.4 Å². The Morgan fingerprint density at radius 1 is 1.19 bits per heavy atom. The fraction of sp³-hybridized carbons (Fsp3) is 0.400. The molecule has 0 radical (unpaired) electrons. The zero-order valence-corrected chi connectivity index (χ0v) is 16.6. The molecule has 32 heavy (non-hydrogen) atoms. The number of carboxylic acids is 1. The second kappa shape index (κ2) is 7.38. The molecular formula is C20H17F5N4O3. The molecule has 2 bridgehead atoms. The Morgan fingerprint density at radius 3 is 2.44 bits per heavy atom. The first kappa shape index (κ1) is 21.9. The molecule has 2 saturated heterocycles. The molecule has 3 heterocycles. The molecule has 2 amide bonds. The summed E-state index contributed by atoms with van der Waals surface area (Å²) in [4.78, 5) is 32.8. The number of nitrogens with zero attached hydrogens (tertiary/aromatic N) is 3. The van der Waals surface area contributed by atoms with Gasteiger partial charge in [-0.15, -0.1) is 0 Å². The Balaban J connectivity index is 1.70. The van der Waals surface area contributed by atoms with Gasteiger partial charge in [0.2, 0.25) is 0 Å². The van der Waals surface area contributed by atoms with Crippen molar-refractivity contribution in [2.45, 2.75) is 43.9 Å². The Bertz CT molecular complexity index is 1090. The van der Waals surface area contributed by atoms with E-state index in [0.29, 0.717) is 24.9 Å². The summed E-state index contributed by atoms with van der Waals surface area (Å²) in [5.41, 5.74) is -4.11. The van der Waals surface area contributed by atoms with E-state index in [1.54, 1.807) is 0 Å². The maximum absolute atomic E-state index is 14.5. The molecule has 7 nitrogen and oxygen atoms in total. The number of anilines is 1. The average molecular weight is 456 g/mol. The highest BCUT2D eigenvalue weighted by Crippen LogP contribution is 2.50. The van der Waals surface area contributed by atoms with Gasteiger partial charge < -0.3 is 15.3 Å². The number of carbonyl (C=O) groups is 2. The number of carbonyl (C=O) groups excluding carboxylic acids is 1. The Labute approximate surface area is 178 Å². The molecule has 5 rings (SSSR count). The smallest absolute Gasteiger partial charge is 0.417 e. The molecule has 1 aromatic carbocycles. The third-order valence-corrected chi connectivity index (χ3v) is 5.89. The van der Waals surface area contributed by atoms with Gasteiger partial charge in [0, 0.05) is 18.0 Å². The van der Waals surface area contributed by atoms with Crippen LogP contribution in [0.4, 0.5) is 32.4 Å². The zero-order valence-electron chi connectivity index (χ0n) is 16.6. The molecule has 3 aliphatic rings. The van der Waals surface area contributed by atoms with Crippen molar-refractivity contribution in [3.05, 3.63) is 41.7 Å². The molecule has 170 valence electrons. The van der Waals surface area contributed by atoms with Crippen molar-refractivity contribution in [1.82, 2.24) is 14.9 Å². The van der Waals surface area contributed by atoms with Crippen LogP contribution in [-0.4, -0.2) is 43.6 Å². The van der Waals surface area contributed by atoms with E-state index in [-0.39, 0.29) is 30.9 Å². The summed E-state index contributed by atoms with van der Waals surface area (Å²) < 4.78 is 68.0. The molecule has 3 atom stereocenters. The van der Waals surface area contributed by atoms with Gasteiger partial charge in [-0.25, -0.2) is 28.3 Å². The number of piperidine rings is 1. The quantitative estimate of drug-likeness (QED) is 0.672. The lowest BCUT2D eigenvalue weighted by atomic mass is 9.64. The van der Waals surface area contributed by atoms with E-state index >= 15 is 0 Å². The highest BCUT2D eigenvalue weighted by Gasteiger charge is 2.63. The van der Waals surface area contributed by atoms with Gasteiger partial charge in [0.1, 0.15) is 11.4 Å². The lowest BCUT2D eigenvalue weighted by molar-refractivity contribution is -0.173. The minimum Gasteiger partial charge on any atom is -0.479 e. The van der Waals surface area contributed by atoms with E-state index in [2.05, 4.69) is 15.3 Å². The van der Waals surface area contributed by atoms with E-state index < -0.39 is 58.0 Å². The van der Waals surface area contributed by atoms with Gasteiger partial charge in [-0.1, -0.05) is 6.92 Å². The SMILES string of the molecule is CC1CC2CC(C(=O)O)(C1)N2C(=O)Nc1cc(-c2ncc(F)cn2)c(C(F)(F)F)cc1F. The second-order valence-corrected chi connectivity index (χ2v) is 8.14. The summed E-state index contributed by atoms with van der Waals surface area (Å²) in [6.07, 6.45) is -2.63. The van der Waals surface area contributed by atoms with E-state index in [1.165, 1.54) is 0 Å². The first-order valence-electron chi connectivity index (χ1n) is 9.65. The second-order valence-electron chi connectivity index (χ2n) is 8.14. The highest BCUT2D eigenvalue weighted by atomic mass is 19.4. The van der Waals surface area contributed by atoms with Crippen molar-refractivity contribution < 1.29 is 36.6 Å². The van der Waals surface area contributed by atoms with Crippen LogP contribution in [0.15, 0.2) is 24.5 Å². The lowest BCUT2D eigenvalue weighted by Gasteiger charge is -2.60. The normalized spacial score (nSPS) is 24.6. The van der Waals surface area contributed by atoms with Crippen molar-refractivity contribution in [3.8, 4) is 11.4 Å². The van der Waals surface area contributed by atoms with Crippen molar-refractivity contribution in [2.24, 2.45) is 5.92 Å². The fourth-order valence-electron chi connectivity index (χ4n) is 4.66. The lowest BCUT2D eigenvalue weighted by Crippen LogP contribution is -2.75. The van der Waals surface area contributed by atoms with Crippen molar-refractivity contribution in [3.63, 3.8) is 0 Å². The van der Waals surface area contributed by atoms with E-state index in [0.717, 1.165) is 4.90 Å². The number of benzene rings is 1. The number of amides is 2. The Kier molecular flexibility index (Phi) is 5.05. The topological polar surface area (TPSA) is 95.4 Å². The van der Waals surface area contributed by atoms with Crippen LogP contribution < -0.4 is 5.32 Å². The van der Waals surface area contributed by atoms with Crippen LogP contribution in [0, 0.1) is 17.6 Å². The maximum Gasteiger partial charge on any atom is 0.417 e. The van der Waals surface area contributed by atoms with Crippen LogP contribution >= 0.6 is 0 Å². The van der Waals surface area contributed by atoms with Crippen molar-refractivity contribution in [1.29, 1.82) is 0 Å². The Morgan fingerprint density at radius 2 is 1.84 bits per heavy atom. The highest BCUT2D eigenvalue weighted by molar-refractivity contribution is 5.96. The van der Waals surface area contributed by atoms with E-state index in [4.69, 9.17) is 0 Å². The number of alkyl halides is 3. The number of hydrogen-bond acceptors (Lipinski definition) is 4. The largest absolute Gasteiger partial charge is 0.479 e. The summed E-state index contributed by atoms with van der Waals surface area (Å²) in [7, 11) is 0. The molecule has 12 heteroatoms. The number of fused-ring (bicyclic) bond motifs is 2. The van der Waals surface area contributed by atoms with Crippen LogP contribution in [0.3, 0.4) is 0 Å². The number of urea groups is 1. The van der Waals surface area contributed by atoms with Gasteiger partial charge in [0.05, 0.1) is 23.6 Å². The third-order valence-electron chi connectivity index (χ3n) is 5.89. The summed E-state index contributed by atoms with van der Waals surface area (Å²) in [6.45, 7) is 1.86. The zero-order chi connectivity index (χ0) is 23.4. The fourth-order valence-corrected chi connectivity index (χ4v) is 4.66. The standard InChI is InChI=1S/C20H17F5N4O3/c1-9-2-11-6-19(5-9,17(30)31)29(11)18(32)28-15-3-12(16-26-7-10(21)8-27-16)13(4-14(15)22)20(23,24)25/h3-4,7-9,11H,2,5-6H2,1H3,(H,28,32)(H,30,31). The number of nitrogens with one attached hydrogen (secondary N) is 1. The first-order valence-corrected chi connectivity index (χ1v) is 9.65. The van der Waals surface area contributed by atoms with Crippen molar-refractivity contribution >= 4 is 17.7 Å². The number of hydrogen-bond donors (Lipinski definition) is 2. The number of carboxylic acid groups (broad SMARTS) is 1. The molecule has 1 saturated carbocycles.